The lowest BCUT2D eigenvalue weighted by Gasteiger charge is -2.32. The van der Waals surface area contributed by atoms with E-state index in [0.29, 0.717) is 0 Å². The highest BCUT2D eigenvalue weighted by Crippen LogP contribution is 2.45. The van der Waals surface area contributed by atoms with Gasteiger partial charge in [0.05, 0.1) is 10.5 Å². The highest BCUT2D eigenvalue weighted by molar-refractivity contribution is 6.05. The Morgan fingerprint density at radius 2 is 1.91 bits per heavy atom. The molecule has 0 amide bonds. The largest absolute Gasteiger partial charge is 0.478 e. The number of hydrogen-bond donors (Lipinski definition) is 2. The first-order valence-electron chi connectivity index (χ1n) is 9.49. The molecule has 33 heavy (non-hydrogen) atoms. The summed E-state index contributed by atoms with van der Waals surface area (Å²) >= 11 is 0. The third kappa shape index (κ3) is 3.46. The van der Waals surface area contributed by atoms with Gasteiger partial charge in [0.1, 0.15) is 5.69 Å². The van der Waals surface area contributed by atoms with E-state index in [4.69, 9.17) is 0 Å². The Morgan fingerprint density at radius 3 is 2.48 bits per heavy atom. The van der Waals surface area contributed by atoms with Crippen LogP contribution in [0.25, 0.3) is 0 Å². The number of pyridine rings is 1. The number of aromatic carboxylic acids is 1. The molecule has 1 saturated heterocycles. The molecule has 4 rings (SSSR count). The van der Waals surface area contributed by atoms with E-state index in [-0.39, 0.29) is 36.6 Å². The third-order valence-electron chi connectivity index (χ3n) is 5.49. The van der Waals surface area contributed by atoms with Crippen molar-refractivity contribution < 1.29 is 37.9 Å². The third-order valence-corrected chi connectivity index (χ3v) is 5.49. The molecular formula is C20H15F3N4O6. The van der Waals surface area contributed by atoms with Gasteiger partial charge in [0.2, 0.25) is 5.72 Å². The van der Waals surface area contributed by atoms with Crippen LogP contribution in [0.4, 0.5) is 13.2 Å². The SMILES string of the molecule is O=C(O)c1ccccc1C1(O)C(=O)C([N+](=O)[O-])=C2N(Cc3ccc(C(F)(F)F)nc3)CCN21. The second-order valence-corrected chi connectivity index (χ2v) is 7.40. The number of aliphatic hydroxyl groups is 1. The van der Waals surface area contributed by atoms with Crippen LogP contribution in [0.5, 0.6) is 0 Å². The number of carbonyl (C=O) groups excluding carboxylic acids is 1. The molecule has 2 aromatic rings. The molecule has 0 aliphatic carbocycles. The minimum Gasteiger partial charge on any atom is -0.478 e. The number of fused-ring (bicyclic) bond motifs is 1. The molecule has 10 nitrogen and oxygen atoms in total. The first kappa shape index (κ1) is 22.2. The van der Waals surface area contributed by atoms with Crippen molar-refractivity contribution in [1.82, 2.24) is 14.8 Å². The lowest BCUT2D eigenvalue weighted by molar-refractivity contribution is -0.420. The van der Waals surface area contributed by atoms with E-state index in [9.17, 15) is 43.1 Å². The van der Waals surface area contributed by atoms with Crippen LogP contribution in [0.2, 0.25) is 0 Å². The van der Waals surface area contributed by atoms with Crippen LogP contribution in [-0.4, -0.2) is 54.8 Å². The first-order valence-corrected chi connectivity index (χ1v) is 9.49. The van der Waals surface area contributed by atoms with E-state index in [0.717, 1.165) is 29.3 Å². The van der Waals surface area contributed by atoms with Gasteiger partial charge in [-0.05, 0) is 17.7 Å². The number of aromatic nitrogens is 1. The number of nitro groups is 1. The number of alkyl halides is 3. The lowest BCUT2D eigenvalue weighted by atomic mass is 9.93. The fourth-order valence-electron chi connectivity index (χ4n) is 4.05. The van der Waals surface area contributed by atoms with Crippen molar-refractivity contribution >= 4 is 11.8 Å². The summed E-state index contributed by atoms with van der Waals surface area (Å²) in [7, 11) is 0. The Hall–Kier alpha value is -4.00. The number of hydrogen-bond acceptors (Lipinski definition) is 8. The smallest absolute Gasteiger partial charge is 0.433 e. The Balaban J connectivity index is 1.74. The summed E-state index contributed by atoms with van der Waals surface area (Å²) in [6, 6.07) is 7.06. The molecule has 0 spiro atoms. The van der Waals surface area contributed by atoms with Gasteiger partial charge in [0.25, 0.3) is 5.78 Å². The van der Waals surface area contributed by atoms with Crippen molar-refractivity contribution in [3.63, 3.8) is 0 Å². The number of carbonyl (C=O) groups is 2. The normalized spacial score (nSPS) is 20.4. The molecule has 13 heteroatoms. The van der Waals surface area contributed by atoms with Crippen LogP contribution < -0.4 is 0 Å². The average Bonchev–Trinajstić information content (AvgIpc) is 3.25. The van der Waals surface area contributed by atoms with Crippen molar-refractivity contribution in [3.8, 4) is 0 Å². The van der Waals surface area contributed by atoms with Gasteiger partial charge in [-0.15, -0.1) is 0 Å². The molecular weight excluding hydrogens is 449 g/mol. The van der Waals surface area contributed by atoms with E-state index in [2.05, 4.69) is 4.98 Å². The molecule has 0 radical (unpaired) electrons. The molecule has 1 aromatic carbocycles. The number of carboxylic acids is 1. The molecule has 1 atom stereocenters. The van der Waals surface area contributed by atoms with E-state index >= 15 is 0 Å². The zero-order valence-electron chi connectivity index (χ0n) is 16.6. The highest BCUT2D eigenvalue weighted by atomic mass is 19.4. The predicted octanol–water partition coefficient (Wildman–Crippen LogP) is 1.79. The van der Waals surface area contributed by atoms with Crippen LogP contribution in [0.1, 0.15) is 27.2 Å². The number of Topliss-reactive ketones (excluding diaryl/α,β-unsaturated/α-hetero) is 1. The standard InChI is InChI=1S/C20H15F3N4O6/c21-20(22,23)14-6-5-11(9-24-14)10-25-7-8-26-17(25)15(27(32)33)16(28)19(26,31)13-4-2-1-3-12(13)18(29)30/h1-6,9,31H,7-8,10H2,(H,29,30). The van der Waals surface area contributed by atoms with Gasteiger partial charge in [-0.25, -0.2) is 4.79 Å². The maximum Gasteiger partial charge on any atom is 0.433 e. The van der Waals surface area contributed by atoms with Gasteiger partial charge < -0.3 is 20.0 Å². The van der Waals surface area contributed by atoms with Crippen molar-refractivity contribution in [1.29, 1.82) is 0 Å². The fraction of sp³-hybridized carbons (Fsp3) is 0.250. The minimum atomic E-state index is -4.63. The van der Waals surface area contributed by atoms with E-state index in [1.807, 2.05) is 0 Å². The highest BCUT2D eigenvalue weighted by Gasteiger charge is 2.62. The summed E-state index contributed by atoms with van der Waals surface area (Å²) in [6.45, 7) is -0.117. The Labute approximate surface area is 183 Å². The van der Waals surface area contributed by atoms with Crippen LogP contribution in [-0.2, 0) is 23.2 Å². The summed E-state index contributed by atoms with van der Waals surface area (Å²) in [5.74, 6) is -2.98. The second kappa shape index (κ2) is 7.55. The van der Waals surface area contributed by atoms with Gasteiger partial charge in [-0.3, -0.25) is 19.9 Å². The van der Waals surface area contributed by atoms with E-state index in [1.165, 1.54) is 23.1 Å². The zero-order chi connectivity index (χ0) is 24.1. The fourth-order valence-corrected chi connectivity index (χ4v) is 4.05. The molecule has 2 N–H and O–H groups in total. The Morgan fingerprint density at radius 1 is 1.21 bits per heavy atom. The molecule has 1 aromatic heterocycles. The molecule has 3 heterocycles. The van der Waals surface area contributed by atoms with Crippen LogP contribution in [0.15, 0.2) is 54.1 Å². The summed E-state index contributed by atoms with van der Waals surface area (Å²) in [6.07, 6.45) is -3.66. The topological polar surface area (TPSA) is 137 Å². The number of carboxylic acid groups (broad SMARTS) is 1. The predicted molar refractivity (Wildman–Crippen MR) is 103 cm³/mol. The maximum absolute atomic E-state index is 13.1. The quantitative estimate of drug-likeness (QED) is 0.501. The Kier molecular flexibility index (Phi) is 5.08. The summed E-state index contributed by atoms with van der Waals surface area (Å²) in [5.41, 5.74) is -5.10. The zero-order valence-corrected chi connectivity index (χ0v) is 16.6. The number of benzene rings is 1. The van der Waals surface area contributed by atoms with Gasteiger partial charge in [0.15, 0.2) is 5.82 Å². The van der Waals surface area contributed by atoms with Gasteiger partial charge in [-0.2, -0.15) is 13.2 Å². The molecule has 1 fully saturated rings. The number of halogens is 3. The van der Waals surface area contributed by atoms with Crippen molar-refractivity contribution in [2.24, 2.45) is 0 Å². The lowest BCUT2D eigenvalue weighted by Crippen LogP contribution is -2.47. The van der Waals surface area contributed by atoms with E-state index in [1.54, 1.807) is 0 Å². The van der Waals surface area contributed by atoms with Crippen molar-refractivity contribution in [2.75, 3.05) is 13.1 Å². The van der Waals surface area contributed by atoms with Crippen LogP contribution in [0, 0.1) is 10.1 Å². The van der Waals surface area contributed by atoms with Crippen molar-refractivity contribution in [3.05, 3.63) is 86.6 Å². The summed E-state index contributed by atoms with van der Waals surface area (Å²) in [4.78, 5) is 41.3. The van der Waals surface area contributed by atoms with Gasteiger partial charge in [0, 0.05) is 31.4 Å². The number of rotatable bonds is 5. The summed E-state index contributed by atoms with van der Waals surface area (Å²) < 4.78 is 38.3. The molecule has 2 aliphatic rings. The van der Waals surface area contributed by atoms with Gasteiger partial charge in [-0.1, -0.05) is 24.3 Å². The van der Waals surface area contributed by atoms with Crippen LogP contribution >= 0.6 is 0 Å². The summed E-state index contributed by atoms with van der Waals surface area (Å²) in [5, 5.41) is 32.6. The van der Waals surface area contributed by atoms with Gasteiger partial charge >= 0.3 is 17.8 Å². The molecule has 172 valence electrons. The molecule has 1 unspecified atom stereocenters. The number of nitrogens with zero attached hydrogens (tertiary/aromatic N) is 4. The van der Waals surface area contributed by atoms with Crippen molar-refractivity contribution in [2.45, 2.75) is 18.4 Å². The second-order valence-electron chi connectivity index (χ2n) is 7.40. The van der Waals surface area contributed by atoms with Crippen LogP contribution in [0.3, 0.4) is 0 Å². The Bertz CT molecular complexity index is 1200. The molecule has 0 bridgehead atoms. The number of ketones is 1. The maximum atomic E-state index is 13.1. The minimum absolute atomic E-state index is 0.0725. The van der Waals surface area contributed by atoms with E-state index < -0.39 is 45.5 Å². The molecule has 0 saturated carbocycles. The average molecular weight is 464 g/mol. The first-order chi connectivity index (χ1) is 15.5. The molecule has 2 aliphatic heterocycles. The monoisotopic (exact) mass is 464 g/mol.